The summed E-state index contributed by atoms with van der Waals surface area (Å²) >= 11 is 0. The molecular formula is C16H20FNO3. The number of ether oxygens (including phenoxy) is 1. The molecule has 0 spiro atoms. The summed E-state index contributed by atoms with van der Waals surface area (Å²) in [4.78, 5) is 14.1. The lowest BCUT2D eigenvalue weighted by atomic mass is 9.82. The molecule has 4 nitrogen and oxygen atoms in total. The highest BCUT2D eigenvalue weighted by molar-refractivity contribution is 5.77. The molecule has 0 aromatic heterocycles. The summed E-state index contributed by atoms with van der Waals surface area (Å²) in [5, 5.41) is 9.61. The van der Waals surface area contributed by atoms with E-state index in [0.717, 1.165) is 5.56 Å². The highest BCUT2D eigenvalue weighted by atomic mass is 19.1. The molecule has 1 aromatic carbocycles. The van der Waals surface area contributed by atoms with Crippen molar-refractivity contribution in [2.75, 3.05) is 32.9 Å². The number of nitrogens with zero attached hydrogens (tertiary/aromatic N) is 1. The predicted octanol–water partition coefficient (Wildman–Crippen LogP) is 1.23. The molecule has 0 radical (unpaired) electrons. The van der Waals surface area contributed by atoms with Crippen molar-refractivity contribution in [3.05, 3.63) is 35.6 Å². The number of likely N-dealkylation sites (tertiary alicyclic amines) is 1. The van der Waals surface area contributed by atoms with Gasteiger partial charge in [-0.25, -0.2) is 4.39 Å². The molecule has 3 rings (SSSR count). The summed E-state index contributed by atoms with van der Waals surface area (Å²) in [7, 11) is 0. The van der Waals surface area contributed by atoms with Gasteiger partial charge < -0.3 is 14.7 Å². The zero-order chi connectivity index (χ0) is 14.9. The minimum absolute atomic E-state index is 0.0689. The Morgan fingerprint density at radius 1 is 1.43 bits per heavy atom. The summed E-state index contributed by atoms with van der Waals surface area (Å²) in [6.07, 6.45) is 1.03. The van der Waals surface area contributed by atoms with Crippen LogP contribution < -0.4 is 0 Å². The van der Waals surface area contributed by atoms with Gasteiger partial charge >= 0.3 is 0 Å². The normalized spacial score (nSPS) is 27.9. The monoisotopic (exact) mass is 293 g/mol. The molecule has 5 heteroatoms. The van der Waals surface area contributed by atoms with Crippen molar-refractivity contribution < 1.29 is 19.0 Å². The largest absolute Gasteiger partial charge is 0.396 e. The minimum Gasteiger partial charge on any atom is -0.396 e. The van der Waals surface area contributed by atoms with E-state index in [-0.39, 0.29) is 29.7 Å². The van der Waals surface area contributed by atoms with Gasteiger partial charge in [0, 0.05) is 30.8 Å². The number of fused-ring (bicyclic) bond motifs is 1. The third kappa shape index (κ3) is 2.80. The average molecular weight is 293 g/mol. The number of carbonyl (C=O) groups is 1. The number of carbonyl (C=O) groups excluding carboxylic acids is 1. The van der Waals surface area contributed by atoms with E-state index in [1.165, 1.54) is 12.1 Å². The van der Waals surface area contributed by atoms with Crippen molar-refractivity contribution >= 4 is 5.91 Å². The second-order valence-corrected chi connectivity index (χ2v) is 6.13. The number of amides is 1. The van der Waals surface area contributed by atoms with Gasteiger partial charge in [-0.05, 0) is 24.1 Å². The van der Waals surface area contributed by atoms with Crippen LogP contribution in [0.15, 0.2) is 24.3 Å². The first-order valence-electron chi connectivity index (χ1n) is 7.34. The van der Waals surface area contributed by atoms with E-state index < -0.39 is 0 Å². The fraction of sp³-hybridized carbons (Fsp3) is 0.562. The van der Waals surface area contributed by atoms with Crippen LogP contribution in [0.4, 0.5) is 4.39 Å². The van der Waals surface area contributed by atoms with Gasteiger partial charge in [-0.3, -0.25) is 4.79 Å². The van der Waals surface area contributed by atoms with Gasteiger partial charge in [0.1, 0.15) is 5.82 Å². The SMILES string of the molecule is O=C(CCc1ccc(F)cc1)N1C[C@H]2COC[C@@]2(CO)C1. The van der Waals surface area contributed by atoms with E-state index in [2.05, 4.69) is 0 Å². The molecular weight excluding hydrogens is 273 g/mol. The Morgan fingerprint density at radius 3 is 2.86 bits per heavy atom. The molecule has 1 aromatic rings. The molecule has 0 unspecified atom stereocenters. The molecule has 2 atom stereocenters. The van der Waals surface area contributed by atoms with Crippen molar-refractivity contribution in [1.82, 2.24) is 4.90 Å². The molecule has 1 N–H and O–H groups in total. The third-order valence-corrected chi connectivity index (χ3v) is 4.73. The number of benzene rings is 1. The zero-order valence-electron chi connectivity index (χ0n) is 11.9. The van der Waals surface area contributed by atoms with Gasteiger partial charge in [-0.15, -0.1) is 0 Å². The topological polar surface area (TPSA) is 49.8 Å². The van der Waals surface area contributed by atoms with Crippen molar-refractivity contribution in [2.24, 2.45) is 11.3 Å². The molecule has 1 amide bonds. The van der Waals surface area contributed by atoms with E-state index >= 15 is 0 Å². The molecule has 2 saturated heterocycles. The van der Waals surface area contributed by atoms with Crippen LogP contribution in [0.25, 0.3) is 0 Å². The van der Waals surface area contributed by atoms with Gasteiger partial charge in [-0.1, -0.05) is 12.1 Å². The third-order valence-electron chi connectivity index (χ3n) is 4.73. The van der Waals surface area contributed by atoms with Crippen LogP contribution in [0.5, 0.6) is 0 Å². The molecule has 114 valence electrons. The van der Waals surface area contributed by atoms with Crippen LogP contribution in [-0.4, -0.2) is 48.8 Å². The van der Waals surface area contributed by atoms with Crippen molar-refractivity contribution in [1.29, 1.82) is 0 Å². The van der Waals surface area contributed by atoms with E-state index in [9.17, 15) is 14.3 Å². The summed E-state index contributed by atoms with van der Waals surface area (Å²) in [6, 6.07) is 6.26. The molecule has 2 heterocycles. The molecule has 2 aliphatic heterocycles. The maximum atomic E-state index is 12.8. The number of hydrogen-bond acceptors (Lipinski definition) is 3. The van der Waals surface area contributed by atoms with Crippen molar-refractivity contribution in [2.45, 2.75) is 12.8 Å². The van der Waals surface area contributed by atoms with E-state index in [1.54, 1.807) is 12.1 Å². The lowest BCUT2D eigenvalue weighted by molar-refractivity contribution is -0.131. The van der Waals surface area contributed by atoms with Gasteiger partial charge in [0.25, 0.3) is 0 Å². The first-order chi connectivity index (χ1) is 10.1. The highest BCUT2D eigenvalue weighted by Gasteiger charge is 2.51. The standard InChI is InChI=1S/C16H20FNO3/c17-14-4-1-12(2-5-14)3-6-15(20)18-7-13-8-21-11-16(13,9-18)10-19/h1-2,4-5,13,19H,3,6-11H2/t13-,16-/m0/s1. The summed E-state index contributed by atoms with van der Waals surface area (Å²) in [5.74, 6) is 0.0844. The van der Waals surface area contributed by atoms with Crippen molar-refractivity contribution in [3.63, 3.8) is 0 Å². The maximum Gasteiger partial charge on any atom is 0.222 e. The molecule has 0 aliphatic carbocycles. The van der Waals surface area contributed by atoms with Crippen LogP contribution in [0, 0.1) is 17.2 Å². The van der Waals surface area contributed by atoms with Gasteiger partial charge in [0.2, 0.25) is 5.91 Å². The molecule has 0 saturated carbocycles. The van der Waals surface area contributed by atoms with Crippen LogP contribution in [0.3, 0.4) is 0 Å². The minimum atomic E-state index is -0.262. The Hall–Kier alpha value is -1.46. The van der Waals surface area contributed by atoms with E-state index in [1.807, 2.05) is 4.90 Å². The fourth-order valence-corrected chi connectivity index (χ4v) is 3.31. The number of aliphatic hydroxyl groups excluding tert-OH is 1. The first kappa shape index (κ1) is 14.5. The number of aryl methyl sites for hydroxylation is 1. The molecule has 21 heavy (non-hydrogen) atoms. The summed E-state index contributed by atoms with van der Waals surface area (Å²) in [5.41, 5.74) is 0.704. The van der Waals surface area contributed by atoms with E-state index in [0.29, 0.717) is 39.1 Å². The quantitative estimate of drug-likeness (QED) is 0.908. The second-order valence-electron chi connectivity index (χ2n) is 6.13. The Kier molecular flexibility index (Phi) is 3.95. The second kappa shape index (κ2) is 5.73. The van der Waals surface area contributed by atoms with Crippen LogP contribution in [0.1, 0.15) is 12.0 Å². The van der Waals surface area contributed by atoms with Gasteiger partial charge in [0.15, 0.2) is 0 Å². The Bertz CT molecular complexity index is 519. The number of hydrogen-bond donors (Lipinski definition) is 1. The van der Waals surface area contributed by atoms with Crippen LogP contribution in [-0.2, 0) is 16.0 Å². The summed E-state index contributed by atoms with van der Waals surface area (Å²) < 4.78 is 18.3. The molecule has 2 fully saturated rings. The van der Waals surface area contributed by atoms with Gasteiger partial charge in [-0.2, -0.15) is 0 Å². The number of halogens is 1. The van der Waals surface area contributed by atoms with Crippen LogP contribution in [0.2, 0.25) is 0 Å². The lowest BCUT2D eigenvalue weighted by Gasteiger charge is -2.24. The maximum absolute atomic E-state index is 12.8. The predicted molar refractivity (Wildman–Crippen MR) is 75.1 cm³/mol. The number of rotatable bonds is 4. The Labute approximate surface area is 123 Å². The molecule has 2 aliphatic rings. The van der Waals surface area contributed by atoms with Gasteiger partial charge in [0.05, 0.1) is 19.8 Å². The molecule has 0 bridgehead atoms. The smallest absolute Gasteiger partial charge is 0.222 e. The van der Waals surface area contributed by atoms with E-state index in [4.69, 9.17) is 4.74 Å². The zero-order valence-corrected chi connectivity index (χ0v) is 11.9. The lowest BCUT2D eigenvalue weighted by Crippen LogP contribution is -2.36. The fourth-order valence-electron chi connectivity index (χ4n) is 3.31. The number of aliphatic hydroxyl groups is 1. The van der Waals surface area contributed by atoms with Crippen molar-refractivity contribution in [3.8, 4) is 0 Å². The van der Waals surface area contributed by atoms with Crippen LogP contribution >= 0.6 is 0 Å². The highest BCUT2D eigenvalue weighted by Crippen LogP contribution is 2.40. The first-order valence-corrected chi connectivity index (χ1v) is 7.34. The Balaban J connectivity index is 1.56. The Morgan fingerprint density at radius 2 is 2.19 bits per heavy atom. The average Bonchev–Trinajstić information content (AvgIpc) is 3.03. The summed E-state index contributed by atoms with van der Waals surface area (Å²) in [6.45, 7) is 2.48.